The van der Waals surface area contributed by atoms with Crippen molar-refractivity contribution in [3.8, 4) is 11.6 Å². The van der Waals surface area contributed by atoms with Gasteiger partial charge in [-0.25, -0.2) is 4.98 Å². The molecule has 1 unspecified atom stereocenters. The highest BCUT2D eigenvalue weighted by Crippen LogP contribution is 2.30. The Morgan fingerprint density at radius 3 is 2.72 bits per heavy atom. The molecular weight excluding hydrogens is 500 g/mol. The van der Waals surface area contributed by atoms with Crippen LogP contribution < -0.4 is 10.6 Å². The number of hydrogen-bond acceptors (Lipinski definition) is 4. The lowest BCUT2D eigenvalue weighted by atomic mass is 10.1. The summed E-state index contributed by atoms with van der Waals surface area (Å²) >= 11 is 0. The fourth-order valence-corrected chi connectivity index (χ4v) is 2.53. The van der Waals surface area contributed by atoms with Crippen molar-refractivity contribution < 1.29 is 17.6 Å². The summed E-state index contributed by atoms with van der Waals surface area (Å²) < 4.78 is 43.9. The van der Waals surface area contributed by atoms with E-state index in [4.69, 9.17) is 4.42 Å². The molecule has 1 aromatic carbocycles. The molecule has 0 aliphatic heterocycles. The summed E-state index contributed by atoms with van der Waals surface area (Å²) in [6.07, 6.45) is -2.85. The van der Waals surface area contributed by atoms with Crippen LogP contribution in [0.1, 0.15) is 29.9 Å². The smallest absolute Gasteiger partial charge is 0.416 e. The van der Waals surface area contributed by atoms with E-state index in [9.17, 15) is 13.2 Å². The molecule has 11 heteroatoms. The van der Waals surface area contributed by atoms with Gasteiger partial charge >= 0.3 is 6.18 Å². The van der Waals surface area contributed by atoms with E-state index in [2.05, 4.69) is 30.8 Å². The van der Waals surface area contributed by atoms with Crippen LogP contribution in [0, 0.1) is 0 Å². The molecule has 2 aromatic heterocycles. The van der Waals surface area contributed by atoms with Gasteiger partial charge < -0.3 is 15.1 Å². The molecule has 3 N–H and O–H groups in total. The molecule has 3 aromatic rings. The van der Waals surface area contributed by atoms with Crippen LogP contribution in [0.5, 0.6) is 0 Å². The number of nitrogens with zero attached hydrogens (tertiary/aromatic N) is 3. The molecule has 0 radical (unpaired) electrons. The number of aliphatic imine (C=N–C) groups is 1. The van der Waals surface area contributed by atoms with E-state index in [-0.39, 0.29) is 30.0 Å². The third kappa shape index (κ3) is 5.95. The highest BCUT2D eigenvalue weighted by Gasteiger charge is 2.30. The number of halogens is 4. The van der Waals surface area contributed by atoms with E-state index in [1.54, 1.807) is 32.2 Å². The Bertz CT molecular complexity index is 939. The Kier molecular flexibility index (Phi) is 7.65. The first kappa shape index (κ1) is 22.7. The average Bonchev–Trinajstić information content (AvgIpc) is 3.35. The van der Waals surface area contributed by atoms with E-state index in [1.807, 2.05) is 0 Å². The number of nitrogens with one attached hydrogen (secondary N) is 3. The summed E-state index contributed by atoms with van der Waals surface area (Å²) in [4.78, 5) is 8.39. The van der Waals surface area contributed by atoms with Gasteiger partial charge in [0.15, 0.2) is 11.7 Å². The Labute approximate surface area is 182 Å². The summed E-state index contributed by atoms with van der Waals surface area (Å²) in [6.45, 7) is 2.05. The van der Waals surface area contributed by atoms with Crippen LogP contribution in [0.4, 0.5) is 13.2 Å². The predicted molar refractivity (Wildman–Crippen MR) is 113 cm³/mol. The highest BCUT2D eigenvalue weighted by atomic mass is 127. The van der Waals surface area contributed by atoms with Crippen molar-refractivity contribution in [3.05, 3.63) is 59.6 Å². The first-order valence-corrected chi connectivity index (χ1v) is 8.46. The van der Waals surface area contributed by atoms with Gasteiger partial charge in [0.1, 0.15) is 5.82 Å². The maximum Gasteiger partial charge on any atom is 0.416 e. The zero-order valence-corrected chi connectivity index (χ0v) is 17.9. The van der Waals surface area contributed by atoms with E-state index >= 15 is 0 Å². The summed E-state index contributed by atoms with van der Waals surface area (Å²) in [6, 6.07) is 8.29. The minimum absolute atomic E-state index is 0. The average molecular weight is 520 g/mol. The van der Waals surface area contributed by atoms with Crippen LogP contribution >= 0.6 is 24.0 Å². The molecule has 0 saturated carbocycles. The highest BCUT2D eigenvalue weighted by molar-refractivity contribution is 14.0. The number of aromatic nitrogens is 3. The van der Waals surface area contributed by atoms with Crippen molar-refractivity contribution >= 4 is 29.9 Å². The number of H-pyrrole nitrogens is 1. The minimum atomic E-state index is -4.38. The maximum absolute atomic E-state index is 12.9. The van der Waals surface area contributed by atoms with Gasteiger partial charge in [0.05, 0.1) is 24.4 Å². The molecule has 0 amide bonds. The molecule has 7 nitrogen and oxygen atoms in total. The lowest BCUT2D eigenvalue weighted by molar-refractivity contribution is -0.137. The van der Waals surface area contributed by atoms with Crippen LogP contribution in [0.25, 0.3) is 11.6 Å². The van der Waals surface area contributed by atoms with Gasteiger partial charge in [0.2, 0.25) is 5.82 Å². The predicted octanol–water partition coefficient (Wildman–Crippen LogP) is 4.13. The Morgan fingerprint density at radius 1 is 1.28 bits per heavy atom. The Balaban J connectivity index is 0.00000300. The van der Waals surface area contributed by atoms with Gasteiger partial charge in [0.25, 0.3) is 0 Å². The van der Waals surface area contributed by atoms with E-state index in [1.165, 1.54) is 12.3 Å². The van der Waals surface area contributed by atoms with Gasteiger partial charge in [-0.3, -0.25) is 10.1 Å². The molecule has 1 atom stereocenters. The second-order valence-corrected chi connectivity index (χ2v) is 6.00. The van der Waals surface area contributed by atoms with E-state index < -0.39 is 11.7 Å². The zero-order chi connectivity index (χ0) is 20.1. The zero-order valence-electron chi connectivity index (χ0n) is 15.6. The topological polar surface area (TPSA) is 91.1 Å². The standard InChI is InChI=1S/C18H19F3N6O.HI/c1-11(12-5-3-6-13(9-12)18(19,20)21)24-17(22-2)23-10-15-25-16(27-26-15)14-7-4-8-28-14;/h3-9,11H,10H2,1-2H3,(H2,22,23,24)(H,25,26,27);1H. The number of guanidine groups is 1. The monoisotopic (exact) mass is 520 g/mol. The van der Waals surface area contributed by atoms with E-state index in [0.717, 1.165) is 12.1 Å². The molecule has 0 fully saturated rings. The maximum atomic E-state index is 12.9. The van der Waals surface area contributed by atoms with E-state index in [0.29, 0.717) is 35.5 Å². The minimum Gasteiger partial charge on any atom is -0.461 e. The van der Waals surface area contributed by atoms with Crippen molar-refractivity contribution in [3.63, 3.8) is 0 Å². The van der Waals surface area contributed by atoms with Gasteiger partial charge in [-0.1, -0.05) is 12.1 Å². The molecule has 3 rings (SSSR count). The third-order valence-electron chi connectivity index (χ3n) is 3.99. The molecule has 0 aliphatic carbocycles. The van der Waals surface area contributed by atoms with Crippen LogP contribution in [0.3, 0.4) is 0 Å². The van der Waals surface area contributed by atoms with Crippen molar-refractivity contribution in [1.82, 2.24) is 25.8 Å². The molecule has 0 saturated heterocycles. The number of aromatic amines is 1. The van der Waals surface area contributed by atoms with Gasteiger partial charge in [-0.2, -0.15) is 13.2 Å². The molecule has 2 heterocycles. The molecule has 0 spiro atoms. The molecule has 0 bridgehead atoms. The lowest BCUT2D eigenvalue weighted by Crippen LogP contribution is -2.38. The number of hydrogen-bond donors (Lipinski definition) is 3. The summed E-state index contributed by atoms with van der Waals surface area (Å²) in [5, 5.41) is 13.0. The lowest BCUT2D eigenvalue weighted by Gasteiger charge is -2.19. The fraction of sp³-hybridized carbons (Fsp3) is 0.278. The second-order valence-electron chi connectivity index (χ2n) is 6.00. The van der Waals surface area contributed by atoms with Crippen LogP contribution in [0.2, 0.25) is 0 Å². The second kappa shape index (κ2) is 9.76. The molecule has 0 aliphatic rings. The number of furan rings is 1. The molecular formula is C18H20F3IN6O. The molecule has 156 valence electrons. The molecule has 29 heavy (non-hydrogen) atoms. The van der Waals surface area contributed by atoms with Crippen LogP contribution in [-0.4, -0.2) is 28.2 Å². The normalized spacial score (nSPS) is 12.9. The summed E-state index contributed by atoms with van der Waals surface area (Å²) in [5.74, 6) is 1.95. The van der Waals surface area contributed by atoms with Gasteiger partial charge in [0, 0.05) is 7.05 Å². The van der Waals surface area contributed by atoms with Crippen molar-refractivity contribution in [2.24, 2.45) is 4.99 Å². The van der Waals surface area contributed by atoms with Crippen LogP contribution in [0.15, 0.2) is 52.1 Å². The first-order chi connectivity index (χ1) is 13.4. The number of alkyl halides is 3. The van der Waals surface area contributed by atoms with Crippen molar-refractivity contribution in [1.29, 1.82) is 0 Å². The SMILES string of the molecule is CN=C(NCc1nc(-c2ccco2)n[nH]1)NC(C)c1cccc(C(F)(F)F)c1.I. The van der Waals surface area contributed by atoms with Gasteiger partial charge in [-0.05, 0) is 36.8 Å². The fourth-order valence-electron chi connectivity index (χ4n) is 2.53. The van der Waals surface area contributed by atoms with Gasteiger partial charge in [-0.15, -0.1) is 29.1 Å². The summed E-state index contributed by atoms with van der Waals surface area (Å²) in [7, 11) is 1.57. The number of rotatable bonds is 5. The third-order valence-corrected chi connectivity index (χ3v) is 3.99. The Hall–Kier alpha value is -2.57. The Morgan fingerprint density at radius 2 is 2.07 bits per heavy atom. The van der Waals surface area contributed by atoms with Crippen molar-refractivity contribution in [2.75, 3.05) is 7.05 Å². The summed E-state index contributed by atoms with van der Waals surface area (Å²) in [5.41, 5.74) is -0.189. The van der Waals surface area contributed by atoms with Crippen molar-refractivity contribution in [2.45, 2.75) is 25.7 Å². The number of benzene rings is 1. The van der Waals surface area contributed by atoms with Crippen LogP contribution in [-0.2, 0) is 12.7 Å². The largest absolute Gasteiger partial charge is 0.461 e. The quantitative estimate of drug-likeness (QED) is 0.268. The first-order valence-electron chi connectivity index (χ1n) is 8.46.